The van der Waals surface area contributed by atoms with Crippen LogP contribution in [0.1, 0.15) is 22.8 Å². The molecule has 2 heterocycles. The Labute approximate surface area is 169 Å². The zero-order chi connectivity index (χ0) is 23.9. The van der Waals surface area contributed by atoms with E-state index in [1.165, 1.54) is 0 Å². The second kappa shape index (κ2) is 8.33. The van der Waals surface area contributed by atoms with Crippen molar-refractivity contribution in [1.82, 2.24) is 14.6 Å². The average molecular weight is 430 g/mol. The van der Waals surface area contributed by atoms with Gasteiger partial charge in [-0.3, -0.25) is 18.9 Å². The van der Waals surface area contributed by atoms with Gasteiger partial charge in [-0.15, -0.1) is 0 Å². The highest BCUT2D eigenvalue weighted by molar-refractivity contribution is 7.50. The van der Waals surface area contributed by atoms with Crippen LogP contribution in [0.15, 0.2) is 52.2 Å². The van der Waals surface area contributed by atoms with Gasteiger partial charge in [0, 0.05) is 18.8 Å². The fourth-order valence-electron chi connectivity index (χ4n) is 2.74. The molecule has 0 saturated carbocycles. The van der Waals surface area contributed by atoms with E-state index in [1.54, 1.807) is 30.3 Å². The number of nitrogens with zero attached hydrogens (tertiary/aromatic N) is 1. The Morgan fingerprint density at radius 1 is 1.45 bits per heavy atom. The van der Waals surface area contributed by atoms with Crippen molar-refractivity contribution < 1.29 is 33.0 Å². The maximum atomic E-state index is 12.4. The third-order valence-electron chi connectivity index (χ3n) is 4.32. The summed E-state index contributed by atoms with van der Waals surface area (Å²) in [5, 5.41) is 23.4. The molecule has 1 unspecified atom stereocenters. The molecule has 1 aromatic carbocycles. The first kappa shape index (κ1) is 17.7. The first-order valence-electron chi connectivity index (χ1n) is 9.95. The molecule has 1 fully saturated rings. The standard InChI is InChI=1S/C17H22N3O8P/c1-17(24)14(22)12(28-15(17)20-8-7-13(21)19-16(20)23)10-27-29(25,26)18-9-11-5-3-2-4-6-11/h2-8,12,14-15,22,24H,9-10H2,1H3,(H2,18,25,26)(H,19,21,23)/t12-,14-,15-,17-/m1/s1/i7D,10D2. The smallest absolute Gasteiger partial charge is 0.387 e. The predicted octanol–water partition coefficient (Wildman–Crippen LogP) is -0.547. The number of hydrogen-bond acceptors (Lipinski definition) is 7. The van der Waals surface area contributed by atoms with Crippen molar-refractivity contribution >= 4 is 7.75 Å². The highest BCUT2D eigenvalue weighted by Gasteiger charge is 2.53. The Morgan fingerprint density at radius 3 is 2.83 bits per heavy atom. The summed E-state index contributed by atoms with van der Waals surface area (Å²) in [6, 6.07) is 7.82. The summed E-state index contributed by atoms with van der Waals surface area (Å²) in [4.78, 5) is 35.4. The number of nitrogens with one attached hydrogen (secondary N) is 2. The van der Waals surface area contributed by atoms with E-state index in [9.17, 15) is 29.3 Å². The van der Waals surface area contributed by atoms with Crippen molar-refractivity contribution in [3.8, 4) is 0 Å². The van der Waals surface area contributed by atoms with E-state index in [2.05, 4.69) is 5.09 Å². The summed E-state index contributed by atoms with van der Waals surface area (Å²) < 4.78 is 46.6. The fraction of sp³-hybridized carbons (Fsp3) is 0.412. The fourth-order valence-corrected chi connectivity index (χ4v) is 3.44. The van der Waals surface area contributed by atoms with Crippen LogP contribution in [0.2, 0.25) is 0 Å². The summed E-state index contributed by atoms with van der Waals surface area (Å²) in [5.41, 5.74) is -3.75. The lowest BCUT2D eigenvalue weighted by molar-refractivity contribution is -0.0985. The van der Waals surface area contributed by atoms with Crippen molar-refractivity contribution in [3.05, 3.63) is 69.0 Å². The van der Waals surface area contributed by atoms with E-state index >= 15 is 0 Å². The Balaban J connectivity index is 1.82. The van der Waals surface area contributed by atoms with E-state index in [1.807, 2.05) is 4.98 Å². The normalized spacial score (nSPS) is 30.9. The summed E-state index contributed by atoms with van der Waals surface area (Å²) in [7, 11) is -4.76. The van der Waals surface area contributed by atoms with E-state index in [0.29, 0.717) is 10.1 Å². The Hall–Kier alpha value is -2.11. The third-order valence-corrected chi connectivity index (χ3v) is 5.23. The molecule has 0 amide bonds. The van der Waals surface area contributed by atoms with E-state index in [-0.39, 0.29) is 6.54 Å². The minimum Gasteiger partial charge on any atom is -0.387 e. The van der Waals surface area contributed by atoms with Crippen LogP contribution in [0, 0.1) is 0 Å². The van der Waals surface area contributed by atoms with Gasteiger partial charge in [0.05, 0.1) is 10.7 Å². The highest BCUT2D eigenvalue weighted by atomic mass is 31.2. The summed E-state index contributed by atoms with van der Waals surface area (Å²) in [6.07, 6.45) is -5.03. The van der Waals surface area contributed by atoms with Gasteiger partial charge in [-0.05, 0) is 12.5 Å². The molecule has 1 aromatic heterocycles. The topological polar surface area (TPSA) is 163 Å². The molecule has 1 aliphatic heterocycles. The summed E-state index contributed by atoms with van der Waals surface area (Å²) >= 11 is 0. The van der Waals surface area contributed by atoms with Gasteiger partial charge in [-0.25, -0.2) is 14.4 Å². The maximum absolute atomic E-state index is 12.4. The number of aliphatic hydroxyl groups is 2. The van der Waals surface area contributed by atoms with E-state index in [4.69, 9.17) is 13.4 Å². The lowest BCUT2D eigenvalue weighted by Gasteiger charge is -2.27. The van der Waals surface area contributed by atoms with Crippen LogP contribution in [0.4, 0.5) is 0 Å². The van der Waals surface area contributed by atoms with Gasteiger partial charge < -0.3 is 19.8 Å². The van der Waals surface area contributed by atoms with Crippen molar-refractivity contribution in [2.45, 2.75) is 37.5 Å². The lowest BCUT2D eigenvalue weighted by atomic mass is 9.96. The molecule has 11 nitrogen and oxygen atoms in total. The zero-order valence-electron chi connectivity index (χ0n) is 18.2. The summed E-state index contributed by atoms with van der Waals surface area (Å²) in [5.74, 6) is 0. The first-order chi connectivity index (χ1) is 14.7. The monoisotopic (exact) mass is 430 g/mol. The van der Waals surface area contributed by atoms with Crippen molar-refractivity contribution in [3.63, 3.8) is 0 Å². The van der Waals surface area contributed by atoms with Gasteiger partial charge >= 0.3 is 13.4 Å². The third kappa shape index (κ3) is 4.90. The van der Waals surface area contributed by atoms with Crippen molar-refractivity contribution in [2.75, 3.05) is 6.56 Å². The molecule has 3 rings (SSSR count). The number of aliphatic hydroxyl groups excluding tert-OH is 1. The first-order valence-corrected chi connectivity index (χ1v) is 10.0. The second-order valence-corrected chi connectivity index (χ2v) is 8.11. The van der Waals surface area contributed by atoms with Crippen molar-refractivity contribution in [2.24, 2.45) is 0 Å². The van der Waals surface area contributed by atoms with Crippen LogP contribution in [-0.4, -0.2) is 49.0 Å². The second-order valence-electron chi connectivity index (χ2n) is 6.57. The molecule has 0 spiro atoms. The molecule has 2 aromatic rings. The zero-order valence-corrected chi connectivity index (χ0v) is 16.1. The number of ether oxygens (including phenoxy) is 1. The Morgan fingerprint density at radius 2 is 2.14 bits per heavy atom. The molecule has 158 valence electrons. The molecule has 1 aliphatic rings. The highest BCUT2D eigenvalue weighted by Crippen LogP contribution is 2.41. The van der Waals surface area contributed by atoms with Gasteiger partial charge in [-0.2, -0.15) is 0 Å². The van der Waals surface area contributed by atoms with Gasteiger partial charge in [0.25, 0.3) is 5.56 Å². The number of aromatic amines is 1. The average Bonchev–Trinajstić information content (AvgIpc) is 2.93. The summed E-state index contributed by atoms with van der Waals surface area (Å²) in [6.45, 7) is -2.20. The maximum Gasteiger partial charge on any atom is 0.403 e. The number of benzene rings is 1. The molecule has 12 heteroatoms. The molecule has 0 radical (unpaired) electrons. The molecule has 29 heavy (non-hydrogen) atoms. The van der Waals surface area contributed by atoms with Crippen molar-refractivity contribution in [1.29, 1.82) is 0 Å². The molecule has 5 atom stereocenters. The predicted molar refractivity (Wildman–Crippen MR) is 101 cm³/mol. The van der Waals surface area contributed by atoms with Crippen LogP contribution in [0.25, 0.3) is 0 Å². The van der Waals surface area contributed by atoms with E-state index in [0.717, 1.165) is 13.1 Å². The number of aromatic nitrogens is 2. The minimum atomic E-state index is -4.76. The SMILES string of the molecule is [2H]c1cn([C@@H]2O[C@H](C([2H])([2H])OP(=O)(O)NCc3ccccc3)[C@@H](O)[C@@]2(C)O)c(=O)[nH]c1=O. The number of H-pyrrole nitrogens is 1. The molecular weight excluding hydrogens is 405 g/mol. The molecule has 0 aliphatic carbocycles. The molecule has 0 bridgehead atoms. The van der Waals surface area contributed by atoms with E-state index < -0.39 is 55.6 Å². The van der Waals surface area contributed by atoms with Crippen LogP contribution in [-0.2, 0) is 20.4 Å². The van der Waals surface area contributed by atoms with Gasteiger partial charge in [0.2, 0.25) is 0 Å². The van der Waals surface area contributed by atoms with Crippen LogP contribution >= 0.6 is 7.75 Å². The Kier molecular flexibility index (Phi) is 5.09. The largest absolute Gasteiger partial charge is 0.403 e. The quantitative estimate of drug-likeness (QED) is 0.363. The molecule has 1 saturated heterocycles. The Bertz CT molecular complexity index is 1140. The van der Waals surface area contributed by atoms with Crippen LogP contribution in [0.5, 0.6) is 0 Å². The number of hydrogen-bond donors (Lipinski definition) is 5. The van der Waals surface area contributed by atoms with Crippen LogP contribution < -0.4 is 16.3 Å². The van der Waals surface area contributed by atoms with Crippen LogP contribution in [0.3, 0.4) is 0 Å². The number of rotatable bonds is 7. The molecule has 5 N–H and O–H groups in total. The van der Waals surface area contributed by atoms with Gasteiger partial charge in [0.1, 0.15) is 17.8 Å². The van der Waals surface area contributed by atoms with Gasteiger partial charge in [-0.1, -0.05) is 30.3 Å². The van der Waals surface area contributed by atoms with Gasteiger partial charge in [0.15, 0.2) is 6.23 Å². The lowest BCUT2D eigenvalue weighted by Crippen LogP contribution is -2.46. The minimum absolute atomic E-state index is 0.127. The molecular formula is C17H22N3O8P.